The first-order chi connectivity index (χ1) is 13.2. The molecule has 0 atom stereocenters. The van der Waals surface area contributed by atoms with Crippen LogP contribution in [0.25, 0.3) is 0 Å². The van der Waals surface area contributed by atoms with Crippen LogP contribution in [0.15, 0.2) is 30.4 Å². The lowest BCUT2D eigenvalue weighted by atomic mass is 10.0. The normalized spacial score (nSPS) is 29.3. The largest absolute Gasteiger partial charge is 0.352 e. The van der Waals surface area contributed by atoms with Crippen molar-refractivity contribution >= 4 is 0 Å². The fourth-order valence-corrected chi connectivity index (χ4v) is 3.22. The fourth-order valence-electron chi connectivity index (χ4n) is 3.22. The Bertz CT molecular complexity index is 606. The predicted molar refractivity (Wildman–Crippen MR) is 97.0 cm³/mol. The van der Waals surface area contributed by atoms with E-state index in [0.717, 1.165) is 37.8 Å². The van der Waals surface area contributed by atoms with E-state index in [-0.39, 0.29) is 12.2 Å². The molecular weight excluding hydrogens is 354 g/mol. The number of unbranched alkanes of at least 4 members (excludes halogenated alkanes) is 1. The quantitative estimate of drug-likeness (QED) is 0.638. The van der Waals surface area contributed by atoms with Gasteiger partial charge in [-0.1, -0.05) is 31.6 Å². The SMILES string of the molecule is CCCC=CC1COC(CCC2COC(c3ccc(F)c(F)c3)OC2)OC1. The van der Waals surface area contributed by atoms with Gasteiger partial charge in [-0.25, -0.2) is 8.78 Å². The van der Waals surface area contributed by atoms with Crippen molar-refractivity contribution < 1.29 is 27.7 Å². The van der Waals surface area contributed by atoms with Crippen LogP contribution in [0.1, 0.15) is 44.5 Å². The second kappa shape index (κ2) is 10.3. The second-order valence-electron chi connectivity index (χ2n) is 7.19. The highest BCUT2D eigenvalue weighted by Gasteiger charge is 2.26. The van der Waals surface area contributed by atoms with Crippen molar-refractivity contribution in [2.75, 3.05) is 26.4 Å². The zero-order valence-electron chi connectivity index (χ0n) is 15.7. The Kier molecular flexibility index (Phi) is 7.76. The molecule has 2 heterocycles. The Balaban J connectivity index is 1.35. The van der Waals surface area contributed by atoms with Crippen molar-refractivity contribution in [3.8, 4) is 0 Å². The first-order valence-corrected chi connectivity index (χ1v) is 9.73. The molecule has 2 aliphatic rings. The summed E-state index contributed by atoms with van der Waals surface area (Å²) in [6.45, 7) is 4.58. The molecule has 150 valence electrons. The average molecular weight is 382 g/mol. The summed E-state index contributed by atoms with van der Waals surface area (Å²) in [7, 11) is 0. The van der Waals surface area contributed by atoms with Crippen LogP contribution in [0.4, 0.5) is 8.78 Å². The van der Waals surface area contributed by atoms with Crippen molar-refractivity contribution in [1.29, 1.82) is 0 Å². The molecule has 6 heteroatoms. The van der Waals surface area contributed by atoms with E-state index in [9.17, 15) is 8.78 Å². The van der Waals surface area contributed by atoms with Crippen molar-refractivity contribution in [2.45, 2.75) is 45.2 Å². The first-order valence-electron chi connectivity index (χ1n) is 9.73. The van der Waals surface area contributed by atoms with E-state index in [1.807, 2.05) is 0 Å². The molecule has 4 nitrogen and oxygen atoms in total. The van der Waals surface area contributed by atoms with E-state index < -0.39 is 17.9 Å². The highest BCUT2D eigenvalue weighted by Crippen LogP contribution is 2.28. The molecular formula is C21H28F2O4. The van der Waals surface area contributed by atoms with Gasteiger partial charge in [0.15, 0.2) is 24.2 Å². The van der Waals surface area contributed by atoms with Crippen molar-refractivity contribution in [3.05, 3.63) is 47.5 Å². The van der Waals surface area contributed by atoms with Gasteiger partial charge in [0.05, 0.1) is 26.4 Å². The lowest BCUT2D eigenvalue weighted by Crippen LogP contribution is -2.33. The van der Waals surface area contributed by atoms with E-state index >= 15 is 0 Å². The van der Waals surface area contributed by atoms with Gasteiger partial charge >= 0.3 is 0 Å². The van der Waals surface area contributed by atoms with Gasteiger partial charge < -0.3 is 18.9 Å². The van der Waals surface area contributed by atoms with Gasteiger partial charge in [0, 0.05) is 17.4 Å². The smallest absolute Gasteiger partial charge is 0.183 e. The van der Waals surface area contributed by atoms with Crippen molar-refractivity contribution in [1.82, 2.24) is 0 Å². The fraction of sp³-hybridized carbons (Fsp3) is 0.619. The molecule has 0 amide bonds. The Hall–Kier alpha value is -1.34. The summed E-state index contributed by atoms with van der Waals surface area (Å²) in [6, 6.07) is 3.69. The topological polar surface area (TPSA) is 36.9 Å². The average Bonchev–Trinajstić information content (AvgIpc) is 2.70. The minimum absolute atomic E-state index is 0.176. The van der Waals surface area contributed by atoms with Crippen LogP contribution in [0, 0.1) is 23.5 Å². The molecule has 0 saturated carbocycles. The van der Waals surface area contributed by atoms with E-state index in [0.29, 0.717) is 37.9 Å². The number of allylic oxidation sites excluding steroid dienone is 1. The van der Waals surface area contributed by atoms with Crippen LogP contribution in [0.3, 0.4) is 0 Å². The summed E-state index contributed by atoms with van der Waals surface area (Å²) in [5, 5.41) is 0. The van der Waals surface area contributed by atoms with Crippen LogP contribution in [-0.2, 0) is 18.9 Å². The number of hydrogen-bond acceptors (Lipinski definition) is 4. The Morgan fingerprint density at radius 1 is 0.963 bits per heavy atom. The van der Waals surface area contributed by atoms with Crippen LogP contribution in [0.5, 0.6) is 0 Å². The van der Waals surface area contributed by atoms with Gasteiger partial charge in [-0.05, 0) is 31.4 Å². The van der Waals surface area contributed by atoms with E-state index in [1.165, 1.54) is 6.07 Å². The number of rotatable bonds is 7. The zero-order valence-corrected chi connectivity index (χ0v) is 15.7. The molecule has 2 aliphatic heterocycles. The lowest BCUT2D eigenvalue weighted by Gasteiger charge is -2.32. The van der Waals surface area contributed by atoms with Gasteiger partial charge in [-0.3, -0.25) is 0 Å². The third-order valence-corrected chi connectivity index (χ3v) is 4.85. The summed E-state index contributed by atoms with van der Waals surface area (Å²) >= 11 is 0. The van der Waals surface area contributed by atoms with Gasteiger partial charge in [-0.15, -0.1) is 0 Å². The molecule has 0 unspecified atom stereocenters. The maximum absolute atomic E-state index is 13.3. The minimum atomic E-state index is -0.892. The molecule has 2 fully saturated rings. The number of hydrogen-bond donors (Lipinski definition) is 0. The standard InChI is InChI=1S/C21H28F2O4/c1-2-3-4-5-15-11-24-20(25-12-15)9-6-16-13-26-21(27-14-16)17-7-8-18(22)19(23)10-17/h4-5,7-8,10,15-16,20-21H,2-3,6,9,11-14H2,1H3. The Morgan fingerprint density at radius 3 is 2.37 bits per heavy atom. The molecule has 3 rings (SSSR count). The molecule has 0 bridgehead atoms. The van der Waals surface area contributed by atoms with Crippen molar-refractivity contribution in [2.24, 2.45) is 11.8 Å². The maximum atomic E-state index is 13.3. The molecule has 0 aromatic heterocycles. The van der Waals surface area contributed by atoms with Gasteiger partial charge in [0.2, 0.25) is 0 Å². The van der Waals surface area contributed by atoms with E-state index in [1.54, 1.807) is 0 Å². The minimum Gasteiger partial charge on any atom is -0.352 e. The summed E-state index contributed by atoms with van der Waals surface area (Å²) in [5.41, 5.74) is 0.494. The van der Waals surface area contributed by atoms with E-state index in [4.69, 9.17) is 18.9 Å². The summed E-state index contributed by atoms with van der Waals surface area (Å²) in [5.74, 6) is -1.19. The van der Waals surface area contributed by atoms with Gasteiger partial charge in [0.1, 0.15) is 0 Å². The summed E-state index contributed by atoms with van der Waals surface area (Å²) in [4.78, 5) is 0. The third kappa shape index (κ3) is 6.07. The van der Waals surface area contributed by atoms with Crippen LogP contribution in [-0.4, -0.2) is 32.7 Å². The monoisotopic (exact) mass is 382 g/mol. The lowest BCUT2D eigenvalue weighted by molar-refractivity contribution is -0.217. The highest BCUT2D eigenvalue weighted by molar-refractivity contribution is 5.19. The maximum Gasteiger partial charge on any atom is 0.183 e. The Morgan fingerprint density at radius 2 is 1.70 bits per heavy atom. The third-order valence-electron chi connectivity index (χ3n) is 4.85. The van der Waals surface area contributed by atoms with E-state index in [2.05, 4.69) is 19.1 Å². The van der Waals surface area contributed by atoms with Gasteiger partial charge in [0.25, 0.3) is 0 Å². The molecule has 0 spiro atoms. The van der Waals surface area contributed by atoms with Crippen LogP contribution in [0.2, 0.25) is 0 Å². The number of benzene rings is 1. The summed E-state index contributed by atoms with van der Waals surface area (Å²) in [6.07, 6.45) is 7.45. The number of halogens is 2. The molecule has 1 aromatic rings. The van der Waals surface area contributed by atoms with Crippen LogP contribution < -0.4 is 0 Å². The molecule has 0 radical (unpaired) electrons. The van der Waals surface area contributed by atoms with Crippen molar-refractivity contribution in [3.63, 3.8) is 0 Å². The molecule has 0 N–H and O–H groups in total. The summed E-state index contributed by atoms with van der Waals surface area (Å²) < 4.78 is 49.3. The second-order valence-corrected chi connectivity index (χ2v) is 7.19. The molecule has 1 aromatic carbocycles. The molecule has 2 saturated heterocycles. The van der Waals surface area contributed by atoms with Gasteiger partial charge in [-0.2, -0.15) is 0 Å². The molecule has 0 aliphatic carbocycles. The zero-order chi connectivity index (χ0) is 19.1. The van der Waals surface area contributed by atoms with Crippen LogP contribution >= 0.6 is 0 Å². The number of ether oxygens (including phenoxy) is 4. The first kappa shape index (κ1) is 20.4. The Labute approximate surface area is 159 Å². The molecule has 27 heavy (non-hydrogen) atoms. The highest BCUT2D eigenvalue weighted by atomic mass is 19.2. The predicted octanol–water partition coefficient (Wildman–Crippen LogP) is 4.75.